The van der Waals surface area contributed by atoms with Crippen molar-refractivity contribution in [3.8, 4) is 0 Å². The number of aryl methyl sites for hydroxylation is 1. The summed E-state index contributed by atoms with van der Waals surface area (Å²) in [6.45, 7) is 1.78. The van der Waals surface area contributed by atoms with Crippen LogP contribution in [0, 0.1) is 3.83 Å². The van der Waals surface area contributed by atoms with Crippen molar-refractivity contribution in [1.82, 2.24) is 24.5 Å². The summed E-state index contributed by atoms with van der Waals surface area (Å²) in [7, 11) is 0. The second-order valence-electron chi connectivity index (χ2n) is 5.94. The summed E-state index contributed by atoms with van der Waals surface area (Å²) in [6, 6.07) is 8.39. The van der Waals surface area contributed by atoms with E-state index in [4.69, 9.17) is 4.98 Å². The first-order valence-electron chi connectivity index (χ1n) is 8.15. The van der Waals surface area contributed by atoms with Crippen molar-refractivity contribution in [2.24, 2.45) is 0 Å². The monoisotopic (exact) mass is 462 g/mol. The Kier molecular flexibility index (Phi) is 3.81. The van der Waals surface area contributed by atoms with Gasteiger partial charge in [-0.1, -0.05) is 30.0 Å². The minimum atomic E-state index is 0.749. The van der Waals surface area contributed by atoms with Crippen LogP contribution in [0.15, 0.2) is 35.6 Å². The van der Waals surface area contributed by atoms with Gasteiger partial charge >= 0.3 is 0 Å². The second-order valence-corrected chi connectivity index (χ2v) is 7.97. The number of rotatable bonds is 4. The summed E-state index contributed by atoms with van der Waals surface area (Å²) < 4.78 is 2.94. The molecule has 5 rings (SSSR count). The third kappa shape index (κ3) is 2.67. The Morgan fingerprint density at radius 1 is 1.24 bits per heavy atom. The lowest BCUT2D eigenvalue weighted by molar-refractivity contribution is 0.734. The number of benzene rings is 1. The number of nitrogens with zero attached hydrogens (tertiary/aromatic N) is 4. The molecule has 4 heterocycles. The standard InChI is InChI=1S/C17H15IN6S/c18-16-22-14(13-15(23-16)24-7-8-25-17(24)21-13)19-6-5-10-9-20-12-4-2-1-3-11(10)12/h1-4,9,20H,5-8H2,(H,19,22,23). The number of thioether (sulfide) groups is 1. The fraction of sp³-hybridized carbons (Fsp3) is 0.235. The summed E-state index contributed by atoms with van der Waals surface area (Å²) in [5.74, 6) is 1.90. The maximum atomic E-state index is 4.73. The zero-order valence-corrected chi connectivity index (χ0v) is 16.3. The van der Waals surface area contributed by atoms with Gasteiger partial charge in [-0.15, -0.1) is 0 Å². The number of aromatic amines is 1. The lowest BCUT2D eigenvalue weighted by atomic mass is 10.1. The number of nitrogens with one attached hydrogen (secondary N) is 2. The molecule has 0 amide bonds. The molecule has 3 aromatic heterocycles. The van der Waals surface area contributed by atoms with Crippen LogP contribution in [-0.2, 0) is 13.0 Å². The molecular weight excluding hydrogens is 447 g/mol. The van der Waals surface area contributed by atoms with Crippen molar-refractivity contribution >= 4 is 62.2 Å². The fourth-order valence-corrected chi connectivity index (χ4v) is 4.69. The molecule has 25 heavy (non-hydrogen) atoms. The summed E-state index contributed by atoms with van der Waals surface area (Å²) in [5, 5.41) is 5.79. The van der Waals surface area contributed by atoms with E-state index in [2.05, 4.69) is 77.9 Å². The van der Waals surface area contributed by atoms with Gasteiger partial charge in [0, 0.05) is 58.5 Å². The minimum Gasteiger partial charge on any atom is -0.368 e. The van der Waals surface area contributed by atoms with Crippen LogP contribution < -0.4 is 5.32 Å². The van der Waals surface area contributed by atoms with Gasteiger partial charge in [0.25, 0.3) is 0 Å². The van der Waals surface area contributed by atoms with Crippen molar-refractivity contribution in [3.05, 3.63) is 39.9 Å². The van der Waals surface area contributed by atoms with Gasteiger partial charge in [0.05, 0.1) is 0 Å². The first kappa shape index (κ1) is 15.4. The summed E-state index contributed by atoms with van der Waals surface area (Å²) in [4.78, 5) is 17.2. The number of hydrogen-bond donors (Lipinski definition) is 2. The van der Waals surface area contributed by atoms with Crippen LogP contribution in [0.4, 0.5) is 5.82 Å². The molecule has 1 aliphatic heterocycles. The molecular formula is C17H15IN6S. The molecule has 1 aromatic carbocycles. The summed E-state index contributed by atoms with van der Waals surface area (Å²) >= 11 is 3.96. The number of imidazole rings is 1. The summed E-state index contributed by atoms with van der Waals surface area (Å²) in [6.07, 6.45) is 3.02. The number of fused-ring (bicyclic) bond motifs is 4. The van der Waals surface area contributed by atoms with E-state index in [1.807, 2.05) is 0 Å². The Balaban J connectivity index is 1.41. The maximum absolute atomic E-state index is 4.73. The molecule has 0 saturated heterocycles. The molecule has 2 N–H and O–H groups in total. The van der Waals surface area contributed by atoms with Gasteiger partial charge in [-0.05, 0) is 18.1 Å². The van der Waals surface area contributed by atoms with Crippen LogP contribution in [0.2, 0.25) is 0 Å². The highest BCUT2D eigenvalue weighted by atomic mass is 127. The van der Waals surface area contributed by atoms with Gasteiger partial charge in [0.1, 0.15) is 0 Å². The molecule has 0 saturated carbocycles. The largest absolute Gasteiger partial charge is 0.368 e. The molecule has 0 unspecified atom stereocenters. The van der Waals surface area contributed by atoms with E-state index >= 15 is 0 Å². The molecule has 6 nitrogen and oxygen atoms in total. The average molecular weight is 462 g/mol. The molecule has 4 aromatic rings. The molecule has 1 aliphatic rings. The van der Waals surface area contributed by atoms with E-state index in [9.17, 15) is 0 Å². The van der Waals surface area contributed by atoms with Crippen molar-refractivity contribution in [2.45, 2.75) is 18.1 Å². The van der Waals surface area contributed by atoms with E-state index < -0.39 is 0 Å². The first-order valence-corrected chi connectivity index (χ1v) is 10.2. The zero-order valence-electron chi connectivity index (χ0n) is 13.3. The van der Waals surface area contributed by atoms with Crippen molar-refractivity contribution in [1.29, 1.82) is 0 Å². The fourth-order valence-electron chi connectivity index (χ4n) is 3.27. The van der Waals surface area contributed by atoms with Crippen LogP contribution in [0.25, 0.3) is 22.1 Å². The Labute approximate surface area is 162 Å². The molecule has 0 spiro atoms. The lowest BCUT2D eigenvalue weighted by Gasteiger charge is -2.07. The predicted octanol–water partition coefficient (Wildman–Crippen LogP) is 3.67. The number of H-pyrrole nitrogens is 1. The number of para-hydroxylation sites is 1. The van der Waals surface area contributed by atoms with Crippen LogP contribution in [0.3, 0.4) is 0 Å². The molecule has 0 atom stereocenters. The van der Waals surface area contributed by atoms with E-state index in [1.165, 1.54) is 16.5 Å². The number of anilines is 1. The highest BCUT2D eigenvalue weighted by molar-refractivity contribution is 14.1. The Hall–Kier alpha value is -1.81. The maximum Gasteiger partial charge on any atom is 0.194 e. The SMILES string of the molecule is Ic1nc(NCCc2c[nH]c3ccccc23)c2nc3n(c2n1)CCS3. The quantitative estimate of drug-likeness (QED) is 0.358. The molecule has 0 fully saturated rings. The summed E-state index contributed by atoms with van der Waals surface area (Å²) in [5.41, 5.74) is 4.31. The normalized spacial score (nSPS) is 13.6. The van der Waals surface area contributed by atoms with Crippen LogP contribution >= 0.6 is 34.4 Å². The zero-order chi connectivity index (χ0) is 16.8. The van der Waals surface area contributed by atoms with Gasteiger partial charge in [-0.2, -0.15) is 0 Å². The van der Waals surface area contributed by atoms with Crippen LogP contribution in [-0.4, -0.2) is 36.8 Å². The van der Waals surface area contributed by atoms with Gasteiger partial charge in [-0.3, -0.25) is 0 Å². The number of halogens is 1. The predicted molar refractivity (Wildman–Crippen MR) is 109 cm³/mol. The van der Waals surface area contributed by atoms with E-state index in [0.717, 1.165) is 51.2 Å². The van der Waals surface area contributed by atoms with Gasteiger partial charge in [-0.25, -0.2) is 15.0 Å². The minimum absolute atomic E-state index is 0.749. The smallest absolute Gasteiger partial charge is 0.194 e. The third-order valence-corrected chi connectivity index (χ3v) is 5.88. The topological polar surface area (TPSA) is 71.4 Å². The molecule has 126 valence electrons. The van der Waals surface area contributed by atoms with Gasteiger partial charge < -0.3 is 14.9 Å². The Morgan fingerprint density at radius 3 is 3.12 bits per heavy atom. The van der Waals surface area contributed by atoms with E-state index in [-0.39, 0.29) is 0 Å². The third-order valence-electron chi connectivity index (χ3n) is 4.44. The number of aromatic nitrogens is 5. The van der Waals surface area contributed by atoms with E-state index in [1.54, 1.807) is 11.8 Å². The molecule has 0 bridgehead atoms. The molecule has 0 aliphatic carbocycles. The van der Waals surface area contributed by atoms with Gasteiger partial charge in [0.2, 0.25) is 0 Å². The van der Waals surface area contributed by atoms with Crippen LogP contribution in [0.1, 0.15) is 5.56 Å². The van der Waals surface area contributed by atoms with Crippen molar-refractivity contribution in [2.75, 3.05) is 17.6 Å². The Morgan fingerprint density at radius 2 is 2.16 bits per heavy atom. The van der Waals surface area contributed by atoms with Gasteiger partial charge in [0.15, 0.2) is 26.0 Å². The van der Waals surface area contributed by atoms with Crippen molar-refractivity contribution in [3.63, 3.8) is 0 Å². The Bertz CT molecular complexity index is 1090. The van der Waals surface area contributed by atoms with Crippen LogP contribution in [0.5, 0.6) is 0 Å². The lowest BCUT2D eigenvalue weighted by Crippen LogP contribution is -2.08. The molecule has 8 heteroatoms. The first-order chi connectivity index (χ1) is 12.3. The molecule has 0 radical (unpaired) electrons. The highest BCUT2D eigenvalue weighted by Crippen LogP contribution is 2.31. The second kappa shape index (κ2) is 6.17. The van der Waals surface area contributed by atoms with E-state index in [0.29, 0.717) is 0 Å². The number of hydrogen-bond acceptors (Lipinski definition) is 5. The average Bonchev–Trinajstić information content (AvgIpc) is 3.30. The van der Waals surface area contributed by atoms with Crippen molar-refractivity contribution < 1.29 is 0 Å². The highest BCUT2D eigenvalue weighted by Gasteiger charge is 2.21.